The first-order chi connectivity index (χ1) is 7.88. The second-order valence-electron chi connectivity index (χ2n) is 4.30. The van der Waals surface area contributed by atoms with Crippen molar-refractivity contribution in [3.63, 3.8) is 0 Å². The minimum absolute atomic E-state index is 0.589. The molecule has 5 heteroatoms. The van der Waals surface area contributed by atoms with Crippen molar-refractivity contribution in [3.05, 3.63) is 12.4 Å². The van der Waals surface area contributed by atoms with Crippen LogP contribution >= 0.6 is 0 Å². The van der Waals surface area contributed by atoms with Crippen molar-refractivity contribution >= 4 is 11.6 Å². The molecule has 1 aliphatic rings. The van der Waals surface area contributed by atoms with Gasteiger partial charge in [0.1, 0.15) is 5.82 Å². The predicted octanol–water partition coefficient (Wildman–Crippen LogP) is 1.75. The zero-order valence-electron chi connectivity index (χ0n) is 9.45. The molecule has 0 aliphatic heterocycles. The van der Waals surface area contributed by atoms with Crippen LogP contribution in [0.4, 0.5) is 11.6 Å². The van der Waals surface area contributed by atoms with Crippen LogP contribution in [0.1, 0.15) is 32.1 Å². The van der Waals surface area contributed by atoms with Crippen molar-refractivity contribution in [1.29, 1.82) is 0 Å². The quantitative estimate of drug-likeness (QED) is 0.521. The number of rotatable bonds is 5. The highest BCUT2D eigenvalue weighted by atomic mass is 15.3. The highest BCUT2D eigenvalue weighted by Gasteiger charge is 2.14. The fourth-order valence-corrected chi connectivity index (χ4v) is 2.22. The summed E-state index contributed by atoms with van der Waals surface area (Å²) in [4.78, 5) is 8.28. The fraction of sp³-hybridized carbons (Fsp3) is 0.636. The largest absolute Gasteiger partial charge is 0.369 e. The number of anilines is 2. The number of hydrogen-bond acceptors (Lipinski definition) is 5. The van der Waals surface area contributed by atoms with Crippen LogP contribution in [0.5, 0.6) is 0 Å². The topological polar surface area (TPSA) is 75.9 Å². The minimum Gasteiger partial charge on any atom is -0.369 e. The molecule has 1 fully saturated rings. The molecule has 88 valence electrons. The molecule has 0 bridgehead atoms. The molecule has 4 N–H and O–H groups in total. The number of aromatic nitrogens is 2. The SMILES string of the molecule is NNc1cncc(NCCC2CCCC2)n1. The molecule has 0 aromatic carbocycles. The number of hydrogen-bond donors (Lipinski definition) is 3. The second-order valence-corrected chi connectivity index (χ2v) is 4.30. The Morgan fingerprint density at radius 1 is 1.25 bits per heavy atom. The molecule has 1 aromatic rings. The lowest BCUT2D eigenvalue weighted by atomic mass is 10.0. The van der Waals surface area contributed by atoms with Crippen LogP contribution < -0.4 is 16.6 Å². The summed E-state index contributed by atoms with van der Waals surface area (Å²) in [6.07, 6.45) is 10.1. The van der Waals surface area contributed by atoms with E-state index in [0.717, 1.165) is 18.3 Å². The second kappa shape index (κ2) is 5.65. The van der Waals surface area contributed by atoms with Crippen molar-refractivity contribution in [3.8, 4) is 0 Å². The molecule has 1 aliphatic carbocycles. The Hall–Kier alpha value is -1.36. The molecular weight excluding hydrogens is 202 g/mol. The lowest BCUT2D eigenvalue weighted by molar-refractivity contribution is 0.518. The smallest absolute Gasteiger partial charge is 0.160 e. The van der Waals surface area contributed by atoms with Crippen molar-refractivity contribution in [2.75, 3.05) is 17.3 Å². The van der Waals surface area contributed by atoms with E-state index in [1.807, 2.05) is 0 Å². The molecular formula is C11H19N5. The van der Waals surface area contributed by atoms with Gasteiger partial charge in [-0.15, -0.1) is 0 Å². The Balaban J connectivity index is 1.75. The maximum atomic E-state index is 5.27. The summed E-state index contributed by atoms with van der Waals surface area (Å²) in [5.74, 6) is 7.54. The summed E-state index contributed by atoms with van der Waals surface area (Å²) in [6, 6.07) is 0. The van der Waals surface area contributed by atoms with Gasteiger partial charge in [-0.25, -0.2) is 10.8 Å². The molecule has 0 atom stereocenters. The van der Waals surface area contributed by atoms with Gasteiger partial charge >= 0.3 is 0 Å². The molecule has 2 rings (SSSR count). The van der Waals surface area contributed by atoms with Crippen LogP contribution in [0.15, 0.2) is 12.4 Å². The Morgan fingerprint density at radius 3 is 2.75 bits per heavy atom. The first-order valence-electron chi connectivity index (χ1n) is 5.91. The maximum Gasteiger partial charge on any atom is 0.160 e. The molecule has 0 saturated heterocycles. The molecule has 0 spiro atoms. The van der Waals surface area contributed by atoms with Crippen molar-refractivity contribution < 1.29 is 0 Å². The number of nitrogen functional groups attached to an aromatic ring is 1. The minimum atomic E-state index is 0.589. The first-order valence-corrected chi connectivity index (χ1v) is 5.91. The average Bonchev–Trinajstić information content (AvgIpc) is 2.82. The van der Waals surface area contributed by atoms with Gasteiger partial charge < -0.3 is 10.7 Å². The van der Waals surface area contributed by atoms with Crippen molar-refractivity contribution in [1.82, 2.24) is 9.97 Å². The first kappa shape index (κ1) is 11.1. The van der Waals surface area contributed by atoms with E-state index in [4.69, 9.17) is 5.84 Å². The van der Waals surface area contributed by atoms with Crippen LogP contribution in [-0.4, -0.2) is 16.5 Å². The highest BCUT2D eigenvalue weighted by Crippen LogP contribution is 2.27. The summed E-state index contributed by atoms with van der Waals surface area (Å²) < 4.78 is 0. The standard InChI is InChI=1S/C11H19N5/c12-16-11-8-13-7-10(15-11)14-6-5-9-3-1-2-4-9/h7-9H,1-6,12H2,(H2,14,15,16). The van der Waals surface area contributed by atoms with Crippen LogP contribution in [0.2, 0.25) is 0 Å². The van der Waals surface area contributed by atoms with Crippen LogP contribution in [-0.2, 0) is 0 Å². The zero-order valence-corrected chi connectivity index (χ0v) is 9.45. The average molecular weight is 221 g/mol. The van der Waals surface area contributed by atoms with Gasteiger partial charge in [-0.3, -0.25) is 4.98 Å². The van der Waals surface area contributed by atoms with E-state index in [9.17, 15) is 0 Å². The number of nitrogens with two attached hydrogens (primary N) is 1. The molecule has 0 amide bonds. The van der Waals surface area contributed by atoms with E-state index >= 15 is 0 Å². The van der Waals surface area contributed by atoms with E-state index < -0.39 is 0 Å². The molecule has 1 saturated carbocycles. The van der Waals surface area contributed by atoms with E-state index in [1.165, 1.54) is 32.1 Å². The van der Waals surface area contributed by atoms with Gasteiger partial charge in [0.05, 0.1) is 12.4 Å². The molecule has 1 aromatic heterocycles. The molecule has 0 unspecified atom stereocenters. The van der Waals surface area contributed by atoms with Crippen LogP contribution in [0.3, 0.4) is 0 Å². The van der Waals surface area contributed by atoms with Crippen LogP contribution in [0.25, 0.3) is 0 Å². The third kappa shape index (κ3) is 3.06. The van der Waals surface area contributed by atoms with Gasteiger partial charge in [0.15, 0.2) is 5.82 Å². The Kier molecular flexibility index (Phi) is 3.93. The monoisotopic (exact) mass is 221 g/mol. The maximum absolute atomic E-state index is 5.27. The number of hydrazine groups is 1. The summed E-state index contributed by atoms with van der Waals surface area (Å²) in [7, 11) is 0. The summed E-state index contributed by atoms with van der Waals surface area (Å²) >= 11 is 0. The van der Waals surface area contributed by atoms with E-state index in [2.05, 4.69) is 20.7 Å². The van der Waals surface area contributed by atoms with Gasteiger partial charge in [0.25, 0.3) is 0 Å². The predicted molar refractivity (Wildman–Crippen MR) is 64.9 cm³/mol. The van der Waals surface area contributed by atoms with Gasteiger partial charge in [0.2, 0.25) is 0 Å². The van der Waals surface area contributed by atoms with Gasteiger partial charge in [-0.05, 0) is 12.3 Å². The van der Waals surface area contributed by atoms with E-state index in [1.54, 1.807) is 12.4 Å². The van der Waals surface area contributed by atoms with Gasteiger partial charge in [-0.1, -0.05) is 25.7 Å². The van der Waals surface area contributed by atoms with Crippen molar-refractivity contribution in [2.45, 2.75) is 32.1 Å². The Bertz CT molecular complexity index is 322. The summed E-state index contributed by atoms with van der Waals surface area (Å²) in [6.45, 7) is 0.966. The Morgan fingerprint density at radius 2 is 2.00 bits per heavy atom. The summed E-state index contributed by atoms with van der Waals surface area (Å²) in [5, 5.41) is 3.28. The lowest BCUT2D eigenvalue weighted by Crippen LogP contribution is -2.12. The number of nitrogens with one attached hydrogen (secondary N) is 2. The van der Waals surface area contributed by atoms with E-state index in [0.29, 0.717) is 5.82 Å². The molecule has 16 heavy (non-hydrogen) atoms. The zero-order chi connectivity index (χ0) is 11.2. The van der Waals surface area contributed by atoms with Gasteiger partial charge in [-0.2, -0.15) is 0 Å². The fourth-order valence-electron chi connectivity index (χ4n) is 2.22. The van der Waals surface area contributed by atoms with Gasteiger partial charge in [0, 0.05) is 6.54 Å². The molecule has 5 nitrogen and oxygen atoms in total. The number of nitrogens with zero attached hydrogens (tertiary/aromatic N) is 2. The normalized spacial score (nSPS) is 16.3. The molecule has 1 heterocycles. The third-order valence-electron chi connectivity index (χ3n) is 3.12. The molecule has 0 radical (unpaired) electrons. The Labute approximate surface area is 95.8 Å². The lowest BCUT2D eigenvalue weighted by Gasteiger charge is -2.10. The third-order valence-corrected chi connectivity index (χ3v) is 3.12. The van der Waals surface area contributed by atoms with E-state index in [-0.39, 0.29) is 0 Å². The van der Waals surface area contributed by atoms with Crippen molar-refractivity contribution in [2.24, 2.45) is 11.8 Å². The highest BCUT2D eigenvalue weighted by molar-refractivity contribution is 5.40. The van der Waals surface area contributed by atoms with Crippen LogP contribution in [0, 0.1) is 5.92 Å². The summed E-state index contributed by atoms with van der Waals surface area (Å²) in [5.41, 5.74) is 2.49.